The van der Waals surface area contributed by atoms with Crippen molar-refractivity contribution in [2.75, 3.05) is 32.2 Å². The van der Waals surface area contributed by atoms with Gasteiger partial charge >= 0.3 is 18.0 Å². The molecule has 2 fully saturated rings. The van der Waals surface area contributed by atoms with Gasteiger partial charge < -0.3 is 24.4 Å². The molecular weight excluding hydrogens is 902 g/mol. The largest absolute Gasteiger partial charge is 0.465 e. The van der Waals surface area contributed by atoms with E-state index < -0.39 is 17.5 Å². The van der Waals surface area contributed by atoms with Crippen LogP contribution >= 0.6 is 45.2 Å². The number of ketones is 1. The Morgan fingerprint density at radius 1 is 0.755 bits per heavy atom. The molecule has 7 rings (SSSR count). The Kier molecular flexibility index (Phi) is 12.5. The lowest BCUT2D eigenvalue weighted by molar-refractivity contribution is -0.129. The van der Waals surface area contributed by atoms with Gasteiger partial charge in [-0.2, -0.15) is 0 Å². The zero-order valence-corrected chi connectivity index (χ0v) is 34.4. The van der Waals surface area contributed by atoms with Gasteiger partial charge in [-0.3, -0.25) is 9.59 Å². The van der Waals surface area contributed by atoms with E-state index in [0.29, 0.717) is 36.3 Å². The van der Waals surface area contributed by atoms with E-state index in [1.54, 1.807) is 11.0 Å². The van der Waals surface area contributed by atoms with Crippen molar-refractivity contribution in [2.45, 2.75) is 77.2 Å². The molecule has 12 heteroatoms. The fourth-order valence-electron chi connectivity index (χ4n) is 8.39. The van der Waals surface area contributed by atoms with E-state index in [1.165, 1.54) is 32.6 Å². The number of fused-ring (bicyclic) bond motifs is 2. The first-order valence-electron chi connectivity index (χ1n) is 18.1. The van der Waals surface area contributed by atoms with Crippen LogP contribution in [0.3, 0.4) is 0 Å². The van der Waals surface area contributed by atoms with Crippen molar-refractivity contribution < 1.29 is 38.2 Å². The molecule has 3 aliphatic carbocycles. The molecule has 0 bridgehead atoms. The number of methoxy groups -OCH3 is 2. The standard InChI is InChI=1S/C25H27IN2O5.C16H17IO3/c1-32-22(29)19-14-21-18(13-20(19)26)15-25(9-5-6-10-25)23(30)28(21)12-11-27-24(31)33-16-17-7-3-2-4-8-17;1-20-15(19)12-6-10-8-14(18)16(4-2-3-5-16)9-11(10)7-13(12)17/h2-4,7-8,13-14H,5-6,9-12,15-16H2,1H3,(H,27,31);6-7H,2-5,8-9H2,1H3. The van der Waals surface area contributed by atoms with Crippen LogP contribution < -0.4 is 10.2 Å². The Morgan fingerprint density at radius 2 is 1.32 bits per heavy atom. The average molecular weight is 947 g/mol. The van der Waals surface area contributed by atoms with Crippen molar-refractivity contribution in [3.05, 3.63) is 95.1 Å². The van der Waals surface area contributed by atoms with Gasteiger partial charge in [-0.1, -0.05) is 56.0 Å². The lowest BCUT2D eigenvalue weighted by atomic mass is 9.69. The molecule has 2 amide bonds. The number of esters is 2. The minimum atomic E-state index is -0.531. The fraction of sp³-hybridized carbons (Fsp3) is 0.439. The summed E-state index contributed by atoms with van der Waals surface area (Å²) in [6.07, 6.45) is 9.66. The maximum atomic E-state index is 13.6. The normalized spacial score (nSPS) is 17.8. The number of nitrogens with one attached hydrogen (secondary N) is 1. The molecule has 53 heavy (non-hydrogen) atoms. The van der Waals surface area contributed by atoms with Gasteiger partial charge in [0.25, 0.3) is 0 Å². The summed E-state index contributed by atoms with van der Waals surface area (Å²) in [6.45, 7) is 0.728. The van der Waals surface area contributed by atoms with Crippen LogP contribution in [0.15, 0.2) is 54.6 Å². The predicted molar refractivity (Wildman–Crippen MR) is 216 cm³/mol. The maximum absolute atomic E-state index is 13.6. The quantitative estimate of drug-likeness (QED) is 0.145. The molecule has 2 saturated carbocycles. The molecule has 0 saturated heterocycles. The first kappa shape index (κ1) is 39.2. The first-order chi connectivity index (χ1) is 25.5. The minimum absolute atomic E-state index is 0.0731. The van der Waals surface area contributed by atoms with Crippen molar-refractivity contribution >= 4 is 80.6 Å². The topological polar surface area (TPSA) is 128 Å². The van der Waals surface area contributed by atoms with E-state index in [-0.39, 0.29) is 30.4 Å². The van der Waals surface area contributed by atoms with Crippen molar-refractivity contribution in [1.82, 2.24) is 5.32 Å². The molecule has 3 aromatic rings. The summed E-state index contributed by atoms with van der Waals surface area (Å²) in [5, 5.41) is 2.74. The van der Waals surface area contributed by atoms with E-state index in [0.717, 1.165) is 74.5 Å². The van der Waals surface area contributed by atoms with E-state index in [2.05, 4.69) is 56.6 Å². The van der Waals surface area contributed by atoms with Crippen LogP contribution in [0.5, 0.6) is 0 Å². The Hall–Kier alpha value is -3.53. The Balaban J connectivity index is 0.000000204. The molecule has 0 aromatic heterocycles. The van der Waals surface area contributed by atoms with Gasteiger partial charge in [-0.05, 0) is 130 Å². The second kappa shape index (κ2) is 16.9. The summed E-state index contributed by atoms with van der Waals surface area (Å²) in [5.74, 6) is -0.326. The molecule has 1 N–H and O–H groups in total. The number of hydrogen-bond acceptors (Lipinski definition) is 8. The van der Waals surface area contributed by atoms with Crippen LogP contribution in [0.2, 0.25) is 0 Å². The molecular formula is C41H44I2N2O8. The molecule has 1 heterocycles. The van der Waals surface area contributed by atoms with Gasteiger partial charge in [0.1, 0.15) is 12.4 Å². The van der Waals surface area contributed by atoms with Crippen LogP contribution in [0.25, 0.3) is 0 Å². The fourth-order valence-corrected chi connectivity index (χ4v) is 9.90. The molecule has 2 spiro atoms. The van der Waals surface area contributed by atoms with Crippen molar-refractivity contribution in [1.29, 1.82) is 0 Å². The van der Waals surface area contributed by atoms with Gasteiger partial charge in [0.15, 0.2) is 0 Å². The van der Waals surface area contributed by atoms with Crippen LogP contribution in [-0.2, 0) is 49.7 Å². The van der Waals surface area contributed by atoms with Crippen molar-refractivity contribution in [2.24, 2.45) is 10.8 Å². The highest BCUT2D eigenvalue weighted by Crippen LogP contribution is 2.49. The van der Waals surface area contributed by atoms with Crippen LogP contribution in [0, 0.1) is 18.0 Å². The summed E-state index contributed by atoms with van der Waals surface area (Å²) in [6, 6.07) is 17.1. The molecule has 10 nitrogen and oxygen atoms in total. The number of hydrogen-bond donors (Lipinski definition) is 1. The number of Topliss-reactive ketones (excluding diaryl/α,β-unsaturated/α-hetero) is 1. The molecule has 4 aliphatic rings. The van der Waals surface area contributed by atoms with Crippen LogP contribution in [0.4, 0.5) is 10.5 Å². The summed E-state index contributed by atoms with van der Waals surface area (Å²) >= 11 is 4.32. The average Bonchev–Trinajstić information content (AvgIpc) is 3.84. The second-order valence-corrected chi connectivity index (χ2v) is 16.7. The third kappa shape index (κ3) is 8.42. The molecule has 3 aromatic carbocycles. The van der Waals surface area contributed by atoms with E-state index >= 15 is 0 Å². The molecule has 1 aliphatic heterocycles. The molecule has 0 unspecified atom stereocenters. The number of amides is 2. The number of benzene rings is 3. The van der Waals surface area contributed by atoms with Crippen LogP contribution in [0.1, 0.15) is 94.3 Å². The molecule has 0 radical (unpaired) electrons. The summed E-state index contributed by atoms with van der Waals surface area (Å²) < 4.78 is 16.7. The third-order valence-corrected chi connectivity index (χ3v) is 13.0. The van der Waals surface area contributed by atoms with E-state index in [1.807, 2.05) is 42.5 Å². The first-order valence-corrected chi connectivity index (χ1v) is 20.2. The molecule has 280 valence electrons. The number of carbonyl (C=O) groups excluding carboxylic acids is 5. The minimum Gasteiger partial charge on any atom is -0.465 e. The zero-order valence-electron chi connectivity index (χ0n) is 30.1. The number of alkyl carbamates (subject to hydrolysis) is 1. The number of carbonyl (C=O) groups is 5. The van der Waals surface area contributed by atoms with Crippen molar-refractivity contribution in [3.63, 3.8) is 0 Å². The zero-order chi connectivity index (χ0) is 37.8. The molecule has 0 atom stereocenters. The summed E-state index contributed by atoms with van der Waals surface area (Å²) in [5.41, 5.74) is 5.43. The summed E-state index contributed by atoms with van der Waals surface area (Å²) in [7, 11) is 2.73. The Morgan fingerprint density at radius 3 is 1.94 bits per heavy atom. The van der Waals surface area contributed by atoms with Gasteiger partial charge in [-0.15, -0.1) is 0 Å². The summed E-state index contributed by atoms with van der Waals surface area (Å²) in [4.78, 5) is 64.0. The number of halogens is 2. The number of anilines is 1. The third-order valence-electron chi connectivity index (χ3n) is 11.2. The Labute approximate surface area is 337 Å². The van der Waals surface area contributed by atoms with E-state index in [4.69, 9.17) is 14.2 Å². The highest BCUT2D eigenvalue weighted by molar-refractivity contribution is 14.1. The lowest BCUT2D eigenvalue weighted by Gasteiger charge is -2.41. The maximum Gasteiger partial charge on any atom is 0.407 e. The second-order valence-electron chi connectivity index (χ2n) is 14.4. The van der Waals surface area contributed by atoms with Gasteiger partial charge in [0.2, 0.25) is 5.91 Å². The van der Waals surface area contributed by atoms with Crippen LogP contribution in [-0.4, -0.2) is 57.0 Å². The van der Waals surface area contributed by atoms with Crippen molar-refractivity contribution in [3.8, 4) is 0 Å². The monoisotopic (exact) mass is 946 g/mol. The highest BCUT2D eigenvalue weighted by atomic mass is 127. The number of ether oxygens (including phenoxy) is 3. The van der Waals surface area contributed by atoms with Gasteiger partial charge in [-0.25, -0.2) is 14.4 Å². The number of nitrogens with zero attached hydrogens (tertiary/aromatic N) is 1. The Bertz CT molecular complexity index is 1900. The van der Waals surface area contributed by atoms with E-state index in [9.17, 15) is 24.0 Å². The highest BCUT2D eigenvalue weighted by Gasteiger charge is 2.48. The smallest absolute Gasteiger partial charge is 0.407 e. The lowest BCUT2D eigenvalue weighted by Crippen LogP contribution is -2.50. The number of rotatable bonds is 7. The SMILES string of the molecule is COC(=O)c1cc2c(cc1I)CC1(CCCC1)C(=O)C2.COC(=O)c1cc2c(cc1I)CC1(CCCC1)C(=O)N2CCNC(=O)OCc1ccccc1. The van der Waals surface area contributed by atoms with Gasteiger partial charge in [0.05, 0.1) is 30.8 Å². The predicted octanol–water partition coefficient (Wildman–Crippen LogP) is 7.76. The van der Waals surface area contributed by atoms with Gasteiger partial charge in [0, 0.05) is 37.8 Å².